The largest absolute Gasteiger partial charge is 0.466 e. The van der Waals surface area contributed by atoms with Crippen molar-refractivity contribution in [3.63, 3.8) is 0 Å². The number of carbonyl (C=O) groups is 1. The summed E-state index contributed by atoms with van der Waals surface area (Å²) < 4.78 is 4.73. The molecule has 0 aromatic heterocycles. The molecule has 0 radical (unpaired) electrons. The van der Waals surface area contributed by atoms with E-state index in [0.29, 0.717) is 6.61 Å². The van der Waals surface area contributed by atoms with Gasteiger partial charge >= 0.3 is 5.97 Å². The van der Waals surface area contributed by atoms with Crippen molar-refractivity contribution >= 4 is 24.4 Å². The summed E-state index contributed by atoms with van der Waals surface area (Å²) in [5.41, 5.74) is 0. The first-order valence-corrected chi connectivity index (χ1v) is 7.46. The van der Waals surface area contributed by atoms with E-state index in [9.17, 15) is 4.79 Å². The second-order valence-electron chi connectivity index (χ2n) is 2.81. The quantitative estimate of drug-likeness (QED) is 0.377. The van der Waals surface area contributed by atoms with Gasteiger partial charge in [0, 0.05) is 6.92 Å². The summed E-state index contributed by atoms with van der Waals surface area (Å²) in [4.78, 5) is 10.3. The zero-order valence-corrected chi connectivity index (χ0v) is 8.36. The lowest BCUT2D eigenvalue weighted by molar-refractivity contribution is -0.140. The van der Waals surface area contributed by atoms with Gasteiger partial charge in [0.1, 0.15) is 0 Å². The molecule has 0 aliphatic carbocycles. The normalized spacial score (nSPS) is 11.2. The highest BCUT2D eigenvalue weighted by atomic mass is 35.6. The van der Waals surface area contributed by atoms with E-state index in [1.165, 1.54) is 6.92 Å². The van der Waals surface area contributed by atoms with Gasteiger partial charge in [-0.3, -0.25) is 4.79 Å². The highest BCUT2D eigenvalue weighted by Crippen LogP contribution is 2.13. The molecule has 0 heterocycles. The third-order valence-corrected chi connectivity index (χ3v) is 2.96. The maximum absolute atomic E-state index is 10.3. The second kappa shape index (κ2) is 3.98. The van der Waals surface area contributed by atoms with Crippen molar-refractivity contribution in [3.8, 4) is 0 Å². The Morgan fingerprint density at radius 2 is 2.10 bits per heavy atom. The Kier molecular flexibility index (Phi) is 3.97. The molecule has 0 saturated carbocycles. The third-order valence-electron chi connectivity index (χ3n) is 1.00. The van der Waals surface area contributed by atoms with Gasteiger partial charge in [0.15, 0.2) is 7.38 Å². The lowest BCUT2D eigenvalue weighted by Crippen LogP contribution is -2.19. The zero-order valence-electron chi connectivity index (χ0n) is 6.61. The summed E-state index contributed by atoms with van der Waals surface area (Å²) in [5.74, 6) is -0.227. The number of halogens is 1. The number of hydrogen-bond acceptors (Lipinski definition) is 2. The average molecular weight is 181 g/mol. The van der Waals surface area contributed by atoms with Gasteiger partial charge in [-0.15, -0.1) is 0 Å². The van der Waals surface area contributed by atoms with E-state index in [-0.39, 0.29) is 5.97 Å². The molecule has 4 heteroatoms. The van der Waals surface area contributed by atoms with Gasteiger partial charge < -0.3 is 4.74 Å². The van der Waals surface area contributed by atoms with Crippen LogP contribution in [0, 0.1) is 0 Å². The van der Waals surface area contributed by atoms with Gasteiger partial charge in [-0.05, 0) is 6.04 Å². The summed E-state index contributed by atoms with van der Waals surface area (Å²) in [6.07, 6.45) is 0. The molecule has 2 nitrogen and oxygen atoms in total. The first kappa shape index (κ1) is 9.98. The molecule has 0 unspecified atom stereocenters. The predicted molar refractivity (Wildman–Crippen MR) is 44.8 cm³/mol. The Morgan fingerprint density at radius 3 is 2.40 bits per heavy atom. The van der Waals surface area contributed by atoms with Crippen molar-refractivity contribution in [3.05, 3.63) is 0 Å². The van der Waals surface area contributed by atoms with Crippen LogP contribution in [0.25, 0.3) is 0 Å². The monoisotopic (exact) mass is 180 g/mol. The SMILES string of the molecule is CC(=O)OCC[Si](C)(C)Cl. The Hall–Kier alpha value is -0.0231. The fraction of sp³-hybridized carbons (Fsp3) is 0.833. The standard InChI is InChI=1S/C6H13ClO2Si/c1-6(8)9-4-5-10(2,3)7/h4-5H2,1-3H3. The van der Waals surface area contributed by atoms with E-state index in [1.807, 2.05) is 13.1 Å². The fourth-order valence-electron chi connectivity index (χ4n) is 0.437. The van der Waals surface area contributed by atoms with Gasteiger partial charge in [0.05, 0.1) is 6.61 Å². The fourth-order valence-corrected chi connectivity index (χ4v) is 1.26. The molecule has 0 fully saturated rings. The third kappa shape index (κ3) is 7.98. The van der Waals surface area contributed by atoms with Crippen LogP contribution in [-0.2, 0) is 9.53 Å². The molecule has 0 aliphatic heterocycles. The molecular weight excluding hydrogens is 168 g/mol. The molecule has 0 saturated heterocycles. The molecule has 0 atom stereocenters. The van der Waals surface area contributed by atoms with Crippen molar-refractivity contribution < 1.29 is 9.53 Å². The van der Waals surface area contributed by atoms with Crippen molar-refractivity contribution in [2.45, 2.75) is 26.1 Å². The number of carbonyl (C=O) groups excluding carboxylic acids is 1. The number of rotatable bonds is 3. The van der Waals surface area contributed by atoms with Crippen LogP contribution in [0.15, 0.2) is 0 Å². The Morgan fingerprint density at radius 1 is 1.60 bits per heavy atom. The Balaban J connectivity index is 3.29. The summed E-state index contributed by atoms with van der Waals surface area (Å²) >= 11 is 5.96. The molecule has 0 aliphatic rings. The van der Waals surface area contributed by atoms with E-state index >= 15 is 0 Å². The van der Waals surface area contributed by atoms with Crippen LogP contribution in [-0.4, -0.2) is 20.0 Å². The number of ether oxygens (including phenoxy) is 1. The second-order valence-corrected chi connectivity index (χ2v) is 9.82. The highest BCUT2D eigenvalue weighted by Gasteiger charge is 2.16. The van der Waals surface area contributed by atoms with Gasteiger partial charge in [-0.1, -0.05) is 13.1 Å². The van der Waals surface area contributed by atoms with E-state index in [2.05, 4.69) is 0 Å². The number of hydrogen-bond donors (Lipinski definition) is 0. The van der Waals surface area contributed by atoms with Crippen LogP contribution in [0.3, 0.4) is 0 Å². The van der Waals surface area contributed by atoms with Gasteiger partial charge in [-0.2, -0.15) is 11.1 Å². The average Bonchev–Trinajstić information content (AvgIpc) is 1.59. The lowest BCUT2D eigenvalue weighted by atomic mass is 10.8. The van der Waals surface area contributed by atoms with Crippen molar-refractivity contribution in [1.82, 2.24) is 0 Å². The highest BCUT2D eigenvalue weighted by molar-refractivity contribution is 7.19. The van der Waals surface area contributed by atoms with Crippen LogP contribution < -0.4 is 0 Å². The van der Waals surface area contributed by atoms with Crippen LogP contribution in [0.5, 0.6) is 0 Å². The maximum atomic E-state index is 10.3. The summed E-state index contributed by atoms with van der Waals surface area (Å²) in [7, 11) is -1.53. The van der Waals surface area contributed by atoms with Gasteiger partial charge in [0.25, 0.3) is 0 Å². The van der Waals surface area contributed by atoms with Crippen molar-refractivity contribution in [1.29, 1.82) is 0 Å². The first-order valence-electron chi connectivity index (χ1n) is 3.24. The minimum absolute atomic E-state index is 0.227. The van der Waals surface area contributed by atoms with Crippen LogP contribution in [0.2, 0.25) is 19.1 Å². The van der Waals surface area contributed by atoms with E-state index in [1.54, 1.807) is 0 Å². The molecule has 0 amide bonds. The molecule has 0 bridgehead atoms. The van der Waals surface area contributed by atoms with E-state index in [4.69, 9.17) is 15.8 Å². The Labute approximate surface area is 67.2 Å². The first-order chi connectivity index (χ1) is 4.42. The topological polar surface area (TPSA) is 26.3 Å². The predicted octanol–water partition coefficient (Wildman–Crippen LogP) is 1.99. The molecule has 0 aromatic rings. The van der Waals surface area contributed by atoms with Crippen molar-refractivity contribution in [2.24, 2.45) is 0 Å². The summed E-state index contributed by atoms with van der Waals surface area (Å²) in [6.45, 7) is 5.93. The van der Waals surface area contributed by atoms with Crippen LogP contribution in [0.1, 0.15) is 6.92 Å². The van der Waals surface area contributed by atoms with E-state index < -0.39 is 7.38 Å². The smallest absolute Gasteiger partial charge is 0.302 e. The lowest BCUT2D eigenvalue weighted by Gasteiger charge is -2.11. The minimum Gasteiger partial charge on any atom is -0.466 e. The van der Waals surface area contributed by atoms with Crippen LogP contribution >= 0.6 is 11.1 Å². The van der Waals surface area contributed by atoms with Crippen LogP contribution in [0.4, 0.5) is 0 Å². The summed E-state index contributed by atoms with van der Waals surface area (Å²) in [6, 6.07) is 0.828. The number of esters is 1. The molecular formula is C6H13ClO2Si. The molecule has 10 heavy (non-hydrogen) atoms. The molecule has 0 aromatic carbocycles. The molecule has 0 rings (SSSR count). The maximum Gasteiger partial charge on any atom is 0.302 e. The molecule has 0 spiro atoms. The minimum atomic E-state index is -1.53. The van der Waals surface area contributed by atoms with E-state index in [0.717, 1.165) is 6.04 Å². The Bertz CT molecular complexity index is 119. The van der Waals surface area contributed by atoms with Gasteiger partial charge in [-0.25, -0.2) is 0 Å². The van der Waals surface area contributed by atoms with Crippen molar-refractivity contribution in [2.75, 3.05) is 6.61 Å². The summed E-state index contributed by atoms with van der Waals surface area (Å²) in [5, 5.41) is 0. The molecule has 60 valence electrons. The zero-order chi connectivity index (χ0) is 8.20. The molecule has 0 N–H and O–H groups in total. The van der Waals surface area contributed by atoms with Gasteiger partial charge in [0.2, 0.25) is 0 Å².